The van der Waals surface area contributed by atoms with E-state index >= 15 is 0 Å². The largest absolute Gasteiger partial charge is 0.418 e. The highest BCUT2D eigenvalue weighted by Gasteiger charge is 2.34. The number of hydrogen-bond acceptors (Lipinski definition) is 4. The average Bonchev–Trinajstić information content (AvgIpc) is 2.63. The van der Waals surface area contributed by atoms with Crippen LogP contribution in [0.1, 0.15) is 18.9 Å². The monoisotopic (exact) mass is 395 g/mol. The van der Waals surface area contributed by atoms with Crippen molar-refractivity contribution in [2.24, 2.45) is 11.7 Å². The summed E-state index contributed by atoms with van der Waals surface area (Å²) in [4.78, 5) is 16.9. The molecule has 1 aromatic heterocycles. The number of nitrogens with two attached hydrogens (primary N) is 1. The molecular weight excluding hydrogens is 371 g/mol. The van der Waals surface area contributed by atoms with Crippen LogP contribution < -0.4 is 21.3 Å². The van der Waals surface area contributed by atoms with E-state index in [1.165, 1.54) is 12.3 Å². The fourth-order valence-electron chi connectivity index (χ4n) is 3.82. The molecule has 3 rings (SSSR count). The first-order valence-corrected chi connectivity index (χ1v) is 9.22. The minimum atomic E-state index is -4.45. The number of pyridine rings is 1. The molecule has 152 valence electrons. The van der Waals surface area contributed by atoms with Crippen molar-refractivity contribution in [2.45, 2.75) is 25.6 Å². The smallest absolute Gasteiger partial charge is 0.369 e. The van der Waals surface area contributed by atoms with E-state index < -0.39 is 17.8 Å². The minimum Gasteiger partial charge on any atom is -0.369 e. The van der Waals surface area contributed by atoms with Crippen LogP contribution in [-0.2, 0) is 6.18 Å². The van der Waals surface area contributed by atoms with Gasteiger partial charge in [-0.1, -0.05) is 6.92 Å². The van der Waals surface area contributed by atoms with Gasteiger partial charge in [0.05, 0.1) is 11.1 Å². The second kappa shape index (κ2) is 8.22. The molecule has 2 amide bonds. The zero-order valence-corrected chi connectivity index (χ0v) is 15.6. The molecule has 0 spiro atoms. The molecule has 0 saturated carbocycles. The third kappa shape index (κ3) is 4.64. The molecule has 0 aliphatic carbocycles. The van der Waals surface area contributed by atoms with E-state index in [2.05, 4.69) is 27.4 Å². The van der Waals surface area contributed by atoms with Gasteiger partial charge in [0.2, 0.25) is 0 Å². The normalized spacial score (nSPS) is 20.4. The van der Waals surface area contributed by atoms with Gasteiger partial charge in [0.1, 0.15) is 0 Å². The molecule has 28 heavy (non-hydrogen) atoms. The van der Waals surface area contributed by atoms with Crippen molar-refractivity contribution in [3.63, 3.8) is 0 Å². The van der Waals surface area contributed by atoms with Crippen molar-refractivity contribution in [2.75, 3.05) is 31.1 Å². The van der Waals surface area contributed by atoms with E-state index in [9.17, 15) is 18.0 Å². The summed E-state index contributed by atoms with van der Waals surface area (Å²) in [5, 5.41) is 6.42. The van der Waals surface area contributed by atoms with Crippen LogP contribution in [0.5, 0.6) is 0 Å². The first kappa shape index (κ1) is 20.2. The van der Waals surface area contributed by atoms with Crippen LogP contribution in [0.25, 0.3) is 10.9 Å². The lowest BCUT2D eigenvalue weighted by Crippen LogP contribution is -2.50. The lowest BCUT2D eigenvalue weighted by Gasteiger charge is -2.39. The fraction of sp³-hybridized carbons (Fsp3) is 0.474. The molecule has 6 nitrogen and oxygen atoms in total. The third-order valence-electron chi connectivity index (χ3n) is 4.91. The van der Waals surface area contributed by atoms with Gasteiger partial charge in [-0.2, -0.15) is 13.2 Å². The summed E-state index contributed by atoms with van der Waals surface area (Å²) in [6.07, 6.45) is -2.11. The molecular formula is C19H24F3N5O. The maximum absolute atomic E-state index is 13.3. The molecule has 4 N–H and O–H groups in total. The number of fused-ring (bicyclic) bond motifs is 1. The number of alkyl halides is 3. The standard InChI is InChI=1S/C19H24F3N5O/c1-12-9-13(24-7-8-26-18(23)28)11-27(10-12)16-5-4-15(19(20,21)22)17-14(16)3-2-6-25-17/h2-6,12-13,24H,7-11H2,1H3,(H3,23,26,28)/t12-,13+/m0/s1. The molecule has 0 bridgehead atoms. The Balaban J connectivity index is 1.82. The van der Waals surface area contributed by atoms with E-state index in [-0.39, 0.29) is 11.6 Å². The van der Waals surface area contributed by atoms with Crippen LogP contribution in [0.3, 0.4) is 0 Å². The molecule has 2 aromatic rings. The van der Waals surface area contributed by atoms with E-state index in [1.807, 2.05) is 0 Å². The Bertz CT molecular complexity index is 842. The first-order chi connectivity index (χ1) is 13.3. The number of urea groups is 1. The van der Waals surface area contributed by atoms with Gasteiger partial charge in [0.15, 0.2) is 0 Å². The van der Waals surface area contributed by atoms with Crippen molar-refractivity contribution in [3.05, 3.63) is 36.0 Å². The lowest BCUT2D eigenvalue weighted by atomic mass is 9.94. The molecule has 9 heteroatoms. The quantitative estimate of drug-likeness (QED) is 0.680. The van der Waals surface area contributed by atoms with Gasteiger partial charge in [-0.15, -0.1) is 0 Å². The van der Waals surface area contributed by atoms with Crippen LogP contribution in [0.4, 0.5) is 23.7 Å². The summed E-state index contributed by atoms with van der Waals surface area (Å²) < 4.78 is 40.0. The third-order valence-corrected chi connectivity index (χ3v) is 4.91. The Hall–Kier alpha value is -2.55. The number of benzene rings is 1. The average molecular weight is 395 g/mol. The van der Waals surface area contributed by atoms with E-state index in [1.54, 1.807) is 12.1 Å². The van der Waals surface area contributed by atoms with Gasteiger partial charge >= 0.3 is 12.2 Å². The van der Waals surface area contributed by atoms with Crippen molar-refractivity contribution in [1.29, 1.82) is 0 Å². The zero-order valence-electron chi connectivity index (χ0n) is 15.6. The molecule has 1 aromatic carbocycles. The SMILES string of the molecule is C[C@H]1C[C@@H](NCCNC(N)=O)CN(c2ccc(C(F)(F)F)c3ncccc23)C1. The maximum atomic E-state index is 13.3. The first-order valence-electron chi connectivity index (χ1n) is 9.22. The number of piperidine rings is 1. The number of anilines is 1. The fourth-order valence-corrected chi connectivity index (χ4v) is 3.82. The molecule has 1 aliphatic heterocycles. The Morgan fingerprint density at radius 2 is 2.07 bits per heavy atom. The molecule has 1 saturated heterocycles. The van der Waals surface area contributed by atoms with Crippen LogP contribution in [-0.4, -0.2) is 43.2 Å². The molecule has 2 atom stereocenters. The van der Waals surface area contributed by atoms with Gasteiger partial charge in [0, 0.05) is 49.5 Å². The number of nitrogens with zero attached hydrogens (tertiary/aromatic N) is 2. The van der Waals surface area contributed by atoms with Crippen molar-refractivity contribution in [3.8, 4) is 0 Å². The Kier molecular flexibility index (Phi) is 5.93. The van der Waals surface area contributed by atoms with Crippen molar-refractivity contribution < 1.29 is 18.0 Å². The molecule has 0 unspecified atom stereocenters. The molecule has 1 fully saturated rings. The predicted molar refractivity (Wildman–Crippen MR) is 102 cm³/mol. The highest BCUT2D eigenvalue weighted by Crippen LogP contribution is 2.38. The van der Waals surface area contributed by atoms with Gasteiger partial charge in [-0.25, -0.2) is 4.79 Å². The Labute approximate surface area is 161 Å². The lowest BCUT2D eigenvalue weighted by molar-refractivity contribution is -0.136. The maximum Gasteiger partial charge on any atom is 0.418 e. The van der Waals surface area contributed by atoms with E-state index in [4.69, 9.17) is 5.73 Å². The Morgan fingerprint density at radius 3 is 2.79 bits per heavy atom. The summed E-state index contributed by atoms with van der Waals surface area (Å²) in [5.41, 5.74) is 5.06. The number of amides is 2. The van der Waals surface area contributed by atoms with Crippen LogP contribution in [0, 0.1) is 5.92 Å². The van der Waals surface area contributed by atoms with Crippen molar-refractivity contribution >= 4 is 22.6 Å². The number of carbonyl (C=O) groups is 1. The second-order valence-electron chi connectivity index (χ2n) is 7.22. The Morgan fingerprint density at radius 1 is 1.29 bits per heavy atom. The minimum absolute atomic E-state index is 0.0270. The van der Waals surface area contributed by atoms with Crippen LogP contribution in [0.2, 0.25) is 0 Å². The highest BCUT2D eigenvalue weighted by atomic mass is 19.4. The second-order valence-corrected chi connectivity index (χ2v) is 7.22. The summed E-state index contributed by atoms with van der Waals surface area (Å²) in [6.45, 7) is 4.53. The number of primary amides is 1. The van der Waals surface area contributed by atoms with Gasteiger partial charge in [-0.3, -0.25) is 4.98 Å². The van der Waals surface area contributed by atoms with Gasteiger partial charge in [-0.05, 0) is 36.6 Å². The molecule has 2 heterocycles. The zero-order chi connectivity index (χ0) is 20.3. The van der Waals surface area contributed by atoms with E-state index in [0.29, 0.717) is 30.9 Å². The van der Waals surface area contributed by atoms with Crippen molar-refractivity contribution in [1.82, 2.24) is 15.6 Å². The van der Waals surface area contributed by atoms with Crippen LogP contribution >= 0.6 is 0 Å². The van der Waals surface area contributed by atoms with Gasteiger partial charge < -0.3 is 21.3 Å². The number of rotatable bonds is 5. The summed E-state index contributed by atoms with van der Waals surface area (Å²) in [6, 6.07) is 5.59. The van der Waals surface area contributed by atoms with Gasteiger partial charge in [0.25, 0.3) is 0 Å². The summed E-state index contributed by atoms with van der Waals surface area (Å²) in [7, 11) is 0. The topological polar surface area (TPSA) is 83.3 Å². The molecule has 1 aliphatic rings. The highest BCUT2D eigenvalue weighted by molar-refractivity contribution is 5.94. The van der Waals surface area contributed by atoms with Crippen LogP contribution in [0.15, 0.2) is 30.5 Å². The number of aromatic nitrogens is 1. The number of nitrogens with one attached hydrogen (secondary N) is 2. The summed E-state index contributed by atoms with van der Waals surface area (Å²) in [5.74, 6) is 0.365. The number of halogens is 3. The predicted octanol–water partition coefficient (Wildman–Crippen LogP) is 2.73. The van der Waals surface area contributed by atoms with E-state index in [0.717, 1.165) is 24.7 Å². The number of carbonyl (C=O) groups excluding carboxylic acids is 1. The molecule has 0 radical (unpaired) electrons. The summed E-state index contributed by atoms with van der Waals surface area (Å²) >= 11 is 0. The number of hydrogen-bond donors (Lipinski definition) is 3.